The first-order valence-corrected chi connectivity index (χ1v) is 16.4. The van der Waals surface area contributed by atoms with E-state index in [9.17, 15) is 9.90 Å². The summed E-state index contributed by atoms with van der Waals surface area (Å²) in [6.07, 6.45) is 20.5. The van der Waals surface area contributed by atoms with Crippen molar-refractivity contribution >= 4 is 28.5 Å². The number of carboxylic acid groups (broad SMARTS) is 1. The fourth-order valence-corrected chi connectivity index (χ4v) is 7.86. The Labute approximate surface area is 246 Å². The molecule has 218 valence electrons. The normalized spacial score (nSPS) is 20.0. The van der Waals surface area contributed by atoms with Crippen molar-refractivity contribution in [3.05, 3.63) is 70.4 Å². The van der Waals surface area contributed by atoms with Gasteiger partial charge < -0.3 is 9.67 Å². The van der Waals surface area contributed by atoms with E-state index in [1.165, 1.54) is 123 Å². The topological polar surface area (TPSA) is 45.5 Å². The number of aryl methyl sites for hydroxylation is 1. The van der Waals surface area contributed by atoms with E-state index in [4.69, 9.17) is 0 Å². The minimum Gasteiger partial charge on any atom is -0.478 e. The molecule has 3 aromatic rings. The summed E-state index contributed by atoms with van der Waals surface area (Å²) in [5.41, 5.74) is 8.72. The number of rotatable bonds is 10. The van der Waals surface area contributed by atoms with Gasteiger partial charge in [-0.25, -0.2) is 4.79 Å². The van der Waals surface area contributed by atoms with Crippen molar-refractivity contribution in [3.63, 3.8) is 0 Å². The molecule has 4 nitrogen and oxygen atoms in total. The third kappa shape index (κ3) is 6.18. The highest BCUT2D eigenvalue weighted by atomic mass is 16.4. The highest BCUT2D eigenvalue weighted by Crippen LogP contribution is 2.52. The Morgan fingerprint density at radius 1 is 1.02 bits per heavy atom. The summed E-state index contributed by atoms with van der Waals surface area (Å²) in [4.78, 5) is 14.4. The van der Waals surface area contributed by atoms with Crippen LogP contribution in [-0.4, -0.2) is 33.6 Å². The molecule has 0 unspecified atom stereocenters. The summed E-state index contributed by atoms with van der Waals surface area (Å²) >= 11 is 0. The van der Waals surface area contributed by atoms with Gasteiger partial charge in [-0.3, -0.25) is 4.90 Å². The van der Waals surface area contributed by atoms with Crippen molar-refractivity contribution in [2.24, 2.45) is 11.3 Å². The second kappa shape index (κ2) is 12.2. The molecule has 2 aromatic carbocycles. The van der Waals surface area contributed by atoms with E-state index in [-0.39, 0.29) is 0 Å². The number of hydrogen-bond donors (Lipinski definition) is 1. The highest BCUT2D eigenvalue weighted by Gasteiger charge is 2.42. The maximum atomic E-state index is 11.7. The molecule has 0 bridgehead atoms. The molecule has 1 aromatic heterocycles. The summed E-state index contributed by atoms with van der Waals surface area (Å²) < 4.78 is 2.63. The number of aromatic nitrogens is 1. The Balaban J connectivity index is 1.47. The summed E-state index contributed by atoms with van der Waals surface area (Å²) in [7, 11) is 0. The molecule has 6 rings (SSSR count). The summed E-state index contributed by atoms with van der Waals surface area (Å²) in [5, 5.41) is 11.0. The second-order valence-electron chi connectivity index (χ2n) is 13.4. The number of nitrogens with zero attached hydrogens (tertiary/aromatic N) is 2. The molecule has 0 radical (unpaired) electrons. The molecule has 2 aliphatic carbocycles. The molecule has 0 spiro atoms. The fourth-order valence-electron chi connectivity index (χ4n) is 7.86. The lowest BCUT2D eigenvalue weighted by atomic mass is 9.79. The number of fused-ring (bicyclic) bond motifs is 1. The zero-order valence-corrected chi connectivity index (χ0v) is 25.3. The van der Waals surface area contributed by atoms with E-state index >= 15 is 0 Å². The molecule has 1 N–H and O–H groups in total. The first-order chi connectivity index (χ1) is 20.0. The monoisotopic (exact) mass is 552 g/mol. The zero-order chi connectivity index (χ0) is 28.4. The lowest BCUT2D eigenvalue weighted by Gasteiger charge is -2.26. The lowest BCUT2D eigenvalue weighted by Crippen LogP contribution is -2.29. The quantitative estimate of drug-likeness (QED) is 0.255. The van der Waals surface area contributed by atoms with Crippen molar-refractivity contribution in [1.29, 1.82) is 0 Å². The molecule has 41 heavy (non-hydrogen) atoms. The SMILES string of the molecule is CCCC1(Cn2cc(CN3CCCCC3)c3cccc(/C=C(/c4ccc(C(=O)O)cc4C)C4CCCCC4)c32)CC1. The predicted molar refractivity (Wildman–Crippen MR) is 170 cm³/mol. The van der Waals surface area contributed by atoms with Gasteiger partial charge in [0.05, 0.1) is 11.1 Å². The third-order valence-electron chi connectivity index (χ3n) is 10.2. The van der Waals surface area contributed by atoms with Gasteiger partial charge in [0.15, 0.2) is 0 Å². The minimum absolute atomic E-state index is 0.373. The summed E-state index contributed by atoms with van der Waals surface area (Å²) in [6, 6.07) is 12.7. The maximum Gasteiger partial charge on any atom is 0.335 e. The maximum absolute atomic E-state index is 11.7. The molecule has 2 saturated carbocycles. The van der Waals surface area contributed by atoms with Gasteiger partial charge in [-0.1, -0.05) is 63.3 Å². The average molecular weight is 553 g/mol. The van der Waals surface area contributed by atoms with Gasteiger partial charge in [0.1, 0.15) is 0 Å². The minimum atomic E-state index is -0.854. The number of aromatic carboxylic acids is 1. The van der Waals surface area contributed by atoms with Crippen molar-refractivity contribution in [3.8, 4) is 0 Å². The second-order valence-corrected chi connectivity index (χ2v) is 13.4. The molecule has 2 heterocycles. The number of carboxylic acids is 1. The number of benzene rings is 2. The van der Waals surface area contributed by atoms with Crippen molar-refractivity contribution < 1.29 is 9.90 Å². The molecule has 3 fully saturated rings. The first kappa shape index (κ1) is 28.3. The predicted octanol–water partition coefficient (Wildman–Crippen LogP) is 9.34. The van der Waals surface area contributed by atoms with Gasteiger partial charge in [-0.05, 0) is 122 Å². The Kier molecular flexibility index (Phi) is 8.40. The number of piperidine rings is 1. The zero-order valence-electron chi connectivity index (χ0n) is 25.3. The van der Waals surface area contributed by atoms with Crippen LogP contribution in [0.2, 0.25) is 0 Å². The van der Waals surface area contributed by atoms with Crippen LogP contribution in [0.4, 0.5) is 0 Å². The molecule has 3 aliphatic rings. The standard InChI is InChI=1S/C37H48N2O2/c1-3-17-37(18-19-37)26-39-25-31(24-38-20-8-5-9-21-38)33-14-10-13-29(35(33)39)23-34(28-11-6-4-7-12-28)32-16-15-30(36(40)41)22-27(32)2/h10,13-16,22-23,25,28H,3-9,11-12,17-21,24,26H2,1-2H3,(H,40,41)/b34-23+. The van der Waals surface area contributed by atoms with Crippen molar-refractivity contribution in [2.75, 3.05) is 13.1 Å². The number of allylic oxidation sites excluding steroid dienone is 1. The Bertz CT molecular complexity index is 1410. The van der Waals surface area contributed by atoms with Crippen LogP contribution in [-0.2, 0) is 13.1 Å². The Hall–Kier alpha value is -2.85. The number of carbonyl (C=O) groups is 1. The number of para-hydroxylation sites is 1. The fraction of sp³-hybridized carbons (Fsp3) is 0.541. The smallest absolute Gasteiger partial charge is 0.335 e. The number of hydrogen-bond acceptors (Lipinski definition) is 2. The van der Waals surface area contributed by atoms with E-state index in [2.05, 4.69) is 59.9 Å². The molecule has 1 saturated heterocycles. The Morgan fingerprint density at radius 3 is 2.46 bits per heavy atom. The van der Waals surface area contributed by atoms with Crippen LogP contribution in [0.1, 0.15) is 117 Å². The van der Waals surface area contributed by atoms with Crippen LogP contribution in [0.25, 0.3) is 22.6 Å². The third-order valence-corrected chi connectivity index (χ3v) is 10.2. The average Bonchev–Trinajstić information content (AvgIpc) is 3.66. The van der Waals surface area contributed by atoms with Gasteiger partial charge in [-0.2, -0.15) is 0 Å². The van der Waals surface area contributed by atoms with E-state index in [0.29, 0.717) is 16.9 Å². The van der Waals surface area contributed by atoms with Crippen LogP contribution in [0.15, 0.2) is 42.6 Å². The first-order valence-electron chi connectivity index (χ1n) is 16.4. The molecular formula is C37H48N2O2. The van der Waals surface area contributed by atoms with E-state index < -0.39 is 5.97 Å². The largest absolute Gasteiger partial charge is 0.478 e. The van der Waals surface area contributed by atoms with Gasteiger partial charge in [0.25, 0.3) is 0 Å². The molecular weight excluding hydrogens is 504 g/mol. The van der Waals surface area contributed by atoms with Crippen LogP contribution in [0, 0.1) is 18.3 Å². The number of likely N-dealkylation sites (tertiary alicyclic amines) is 1. The molecule has 1 aliphatic heterocycles. The highest BCUT2D eigenvalue weighted by molar-refractivity contribution is 5.97. The van der Waals surface area contributed by atoms with E-state index in [1.807, 2.05) is 6.07 Å². The van der Waals surface area contributed by atoms with Crippen LogP contribution in [0.5, 0.6) is 0 Å². The van der Waals surface area contributed by atoms with Gasteiger partial charge >= 0.3 is 5.97 Å². The molecule has 0 atom stereocenters. The van der Waals surface area contributed by atoms with Crippen LogP contribution >= 0.6 is 0 Å². The molecule has 4 heteroatoms. The van der Waals surface area contributed by atoms with Crippen LogP contribution in [0.3, 0.4) is 0 Å². The Morgan fingerprint density at radius 2 is 1.78 bits per heavy atom. The van der Waals surface area contributed by atoms with Gasteiger partial charge in [0.2, 0.25) is 0 Å². The molecule has 0 amide bonds. The van der Waals surface area contributed by atoms with Crippen molar-refractivity contribution in [2.45, 2.75) is 104 Å². The van der Waals surface area contributed by atoms with Crippen molar-refractivity contribution in [1.82, 2.24) is 9.47 Å². The van der Waals surface area contributed by atoms with Gasteiger partial charge in [0, 0.05) is 24.7 Å². The van der Waals surface area contributed by atoms with Gasteiger partial charge in [-0.15, -0.1) is 0 Å². The summed E-state index contributed by atoms with van der Waals surface area (Å²) in [6.45, 7) is 9.00. The lowest BCUT2D eigenvalue weighted by molar-refractivity contribution is 0.0696. The summed E-state index contributed by atoms with van der Waals surface area (Å²) in [5.74, 6) is -0.341. The van der Waals surface area contributed by atoms with Crippen LogP contribution < -0.4 is 0 Å². The van der Waals surface area contributed by atoms with E-state index in [1.54, 1.807) is 6.07 Å². The van der Waals surface area contributed by atoms with E-state index in [0.717, 1.165) is 18.7 Å².